The van der Waals surface area contributed by atoms with E-state index in [0.717, 1.165) is 0 Å². The summed E-state index contributed by atoms with van der Waals surface area (Å²) in [5.41, 5.74) is 1.14. The molecule has 0 aliphatic rings. The maximum absolute atomic E-state index is 13.1. The number of carbonyl (C=O) groups is 1. The first kappa shape index (κ1) is 21.6. The lowest BCUT2D eigenvalue weighted by Crippen LogP contribution is -2.25. The lowest BCUT2D eigenvalue weighted by atomic mass is 10.1. The Hall–Kier alpha value is -3.13. The average Bonchev–Trinajstić information content (AvgIpc) is 2.98. The summed E-state index contributed by atoms with van der Waals surface area (Å²) in [7, 11) is -4.21. The fourth-order valence-electron chi connectivity index (χ4n) is 3.25. The Kier molecular flexibility index (Phi) is 5.72. The highest BCUT2D eigenvalue weighted by Crippen LogP contribution is 2.29. The summed E-state index contributed by atoms with van der Waals surface area (Å²) < 4.78 is 33.3. The van der Waals surface area contributed by atoms with Gasteiger partial charge in [-0.25, -0.2) is 0 Å². The van der Waals surface area contributed by atoms with E-state index in [2.05, 4.69) is 10.4 Å². The zero-order valence-electron chi connectivity index (χ0n) is 17.6. The minimum Gasteiger partial charge on any atom is -0.378 e. The number of hydrogen-bond donors (Lipinski definition) is 1. The molecule has 0 bridgehead atoms. The van der Waals surface area contributed by atoms with Gasteiger partial charge in [0.15, 0.2) is 5.75 Å². The van der Waals surface area contributed by atoms with Gasteiger partial charge in [0.25, 0.3) is 5.91 Å². The molecule has 0 atom stereocenters. The van der Waals surface area contributed by atoms with Crippen molar-refractivity contribution in [2.75, 3.05) is 5.32 Å². The molecule has 7 nitrogen and oxygen atoms in total. The number of benzene rings is 2. The lowest BCUT2D eigenvalue weighted by molar-refractivity contribution is 0.102. The largest absolute Gasteiger partial charge is 0.378 e. The number of nitrogens with one attached hydrogen (secondary N) is 1. The molecule has 1 amide bonds. The van der Waals surface area contributed by atoms with E-state index in [4.69, 9.17) is 4.18 Å². The molecule has 0 aliphatic carbocycles. The fourth-order valence-corrected chi connectivity index (χ4v) is 4.57. The van der Waals surface area contributed by atoms with Crippen LogP contribution in [-0.2, 0) is 15.7 Å². The Balaban J connectivity index is 1.96. The number of anilines is 1. The number of amides is 1. The van der Waals surface area contributed by atoms with Crippen LogP contribution >= 0.6 is 0 Å². The van der Waals surface area contributed by atoms with Gasteiger partial charge in [-0.1, -0.05) is 30.3 Å². The van der Waals surface area contributed by atoms with Crippen LogP contribution in [-0.4, -0.2) is 24.1 Å². The van der Waals surface area contributed by atoms with Crippen molar-refractivity contribution in [1.82, 2.24) is 9.78 Å². The normalized spacial score (nSPS) is 11.9. The number of para-hydroxylation sites is 2. The molecular weight excluding hydrogens is 402 g/mol. The molecule has 2 aromatic carbocycles. The van der Waals surface area contributed by atoms with Crippen molar-refractivity contribution in [3.8, 4) is 5.75 Å². The highest BCUT2D eigenvalue weighted by atomic mass is 32.2. The molecule has 1 N–H and O–H groups in total. The first-order chi connectivity index (χ1) is 14.0. The van der Waals surface area contributed by atoms with Crippen molar-refractivity contribution in [2.45, 2.75) is 45.1 Å². The average molecular weight is 428 g/mol. The van der Waals surface area contributed by atoms with Gasteiger partial charge in [0.2, 0.25) is 0 Å². The van der Waals surface area contributed by atoms with E-state index in [9.17, 15) is 13.2 Å². The molecule has 8 heteroatoms. The molecule has 30 heavy (non-hydrogen) atoms. The predicted molar refractivity (Wildman–Crippen MR) is 115 cm³/mol. The SMILES string of the molecule is Cc1nn(C(C)(C)C)c(C)c1S(=O)(=O)Oc1ccccc1C(=O)Nc1ccccc1. The zero-order valence-corrected chi connectivity index (χ0v) is 18.4. The quantitative estimate of drug-likeness (QED) is 0.614. The van der Waals surface area contributed by atoms with Crippen molar-refractivity contribution in [2.24, 2.45) is 0 Å². The molecule has 0 spiro atoms. The summed E-state index contributed by atoms with van der Waals surface area (Å²) in [5.74, 6) is -0.515. The van der Waals surface area contributed by atoms with Gasteiger partial charge in [-0.3, -0.25) is 9.48 Å². The number of hydrogen-bond acceptors (Lipinski definition) is 5. The van der Waals surface area contributed by atoms with Gasteiger partial charge in [0.1, 0.15) is 4.90 Å². The summed E-state index contributed by atoms with van der Waals surface area (Å²) >= 11 is 0. The summed E-state index contributed by atoms with van der Waals surface area (Å²) in [6, 6.07) is 15.1. The van der Waals surface area contributed by atoms with E-state index in [1.807, 2.05) is 26.8 Å². The van der Waals surface area contributed by atoms with Gasteiger partial charge in [0.05, 0.1) is 22.5 Å². The third-order valence-corrected chi connectivity index (χ3v) is 5.96. The van der Waals surface area contributed by atoms with Gasteiger partial charge in [0, 0.05) is 5.69 Å². The molecule has 1 aromatic heterocycles. The zero-order chi connectivity index (χ0) is 22.1. The van der Waals surface area contributed by atoms with E-state index in [0.29, 0.717) is 17.1 Å². The molecule has 3 aromatic rings. The second-order valence-corrected chi connectivity index (χ2v) is 9.42. The molecule has 0 saturated carbocycles. The van der Waals surface area contributed by atoms with E-state index in [1.165, 1.54) is 12.1 Å². The maximum atomic E-state index is 13.1. The van der Waals surface area contributed by atoms with Crippen LogP contribution in [0.5, 0.6) is 5.75 Å². The lowest BCUT2D eigenvalue weighted by Gasteiger charge is -2.21. The van der Waals surface area contributed by atoms with Crippen LogP contribution in [0.25, 0.3) is 0 Å². The van der Waals surface area contributed by atoms with Gasteiger partial charge in [-0.15, -0.1) is 0 Å². The Morgan fingerprint density at radius 1 is 1.00 bits per heavy atom. The minimum atomic E-state index is -4.21. The Morgan fingerprint density at radius 2 is 1.60 bits per heavy atom. The van der Waals surface area contributed by atoms with Crippen molar-refractivity contribution < 1.29 is 17.4 Å². The van der Waals surface area contributed by atoms with Gasteiger partial charge >= 0.3 is 10.1 Å². The van der Waals surface area contributed by atoms with Crippen LogP contribution in [0.1, 0.15) is 42.5 Å². The summed E-state index contributed by atoms with van der Waals surface area (Å²) in [6.07, 6.45) is 0. The first-order valence-electron chi connectivity index (χ1n) is 9.47. The number of carbonyl (C=O) groups excluding carboxylic acids is 1. The van der Waals surface area contributed by atoms with Crippen LogP contribution in [0.2, 0.25) is 0 Å². The molecular formula is C22H25N3O4S. The van der Waals surface area contributed by atoms with E-state index >= 15 is 0 Å². The molecule has 1 heterocycles. The van der Waals surface area contributed by atoms with Gasteiger partial charge in [-0.05, 0) is 58.9 Å². The van der Waals surface area contributed by atoms with Crippen LogP contribution in [0.3, 0.4) is 0 Å². The third-order valence-electron chi connectivity index (χ3n) is 4.47. The monoisotopic (exact) mass is 427 g/mol. The topological polar surface area (TPSA) is 90.3 Å². The fraction of sp³-hybridized carbons (Fsp3) is 0.273. The second kappa shape index (κ2) is 7.95. The van der Waals surface area contributed by atoms with Crippen molar-refractivity contribution in [3.05, 3.63) is 71.5 Å². The van der Waals surface area contributed by atoms with Crippen LogP contribution in [0.15, 0.2) is 59.5 Å². The van der Waals surface area contributed by atoms with E-state index in [1.54, 1.807) is 54.9 Å². The minimum absolute atomic E-state index is 0.00990. The highest BCUT2D eigenvalue weighted by Gasteiger charge is 2.31. The number of rotatable bonds is 5. The molecule has 0 radical (unpaired) electrons. The Morgan fingerprint density at radius 3 is 2.20 bits per heavy atom. The molecule has 0 fully saturated rings. The van der Waals surface area contributed by atoms with Crippen molar-refractivity contribution in [3.63, 3.8) is 0 Å². The summed E-state index contributed by atoms with van der Waals surface area (Å²) in [5, 5.41) is 7.12. The third kappa shape index (κ3) is 4.38. The Labute approximate surface area is 176 Å². The first-order valence-corrected chi connectivity index (χ1v) is 10.9. The van der Waals surface area contributed by atoms with Crippen molar-refractivity contribution >= 4 is 21.7 Å². The van der Waals surface area contributed by atoms with Gasteiger partial charge < -0.3 is 9.50 Å². The van der Waals surface area contributed by atoms with Crippen molar-refractivity contribution in [1.29, 1.82) is 0 Å². The molecule has 3 rings (SSSR count). The summed E-state index contributed by atoms with van der Waals surface area (Å²) in [6.45, 7) is 9.13. The Bertz CT molecular complexity index is 1180. The number of aromatic nitrogens is 2. The van der Waals surface area contributed by atoms with Gasteiger partial charge in [-0.2, -0.15) is 13.5 Å². The highest BCUT2D eigenvalue weighted by molar-refractivity contribution is 7.87. The smallest absolute Gasteiger partial charge is 0.342 e. The van der Waals surface area contributed by atoms with E-state index in [-0.39, 0.29) is 16.2 Å². The van der Waals surface area contributed by atoms with Crippen LogP contribution in [0.4, 0.5) is 5.69 Å². The molecule has 158 valence electrons. The second-order valence-electron chi connectivity index (χ2n) is 7.94. The molecule has 0 saturated heterocycles. The van der Waals surface area contributed by atoms with E-state index < -0.39 is 21.6 Å². The predicted octanol–water partition coefficient (Wildman–Crippen LogP) is 4.27. The maximum Gasteiger partial charge on any atom is 0.342 e. The van der Waals surface area contributed by atoms with Crippen LogP contribution < -0.4 is 9.50 Å². The standard InChI is InChI=1S/C22H25N3O4S/c1-15-20(16(2)25(24-15)22(3,4)5)30(27,28)29-19-14-10-9-13-18(19)21(26)23-17-11-7-6-8-12-17/h6-14H,1-5H3,(H,23,26). The molecule has 0 unspecified atom stereocenters. The molecule has 0 aliphatic heterocycles. The van der Waals surface area contributed by atoms with Crippen LogP contribution in [0, 0.1) is 13.8 Å². The number of nitrogens with zero attached hydrogens (tertiary/aromatic N) is 2. The summed E-state index contributed by atoms with van der Waals surface area (Å²) in [4.78, 5) is 12.7. The number of aryl methyl sites for hydroxylation is 1.